The number of aliphatic carboxylic acids is 2. The second kappa shape index (κ2) is 6.03. The molecule has 2 N–H and O–H groups in total. The van der Waals surface area contributed by atoms with Crippen molar-refractivity contribution >= 4 is 23.9 Å². The summed E-state index contributed by atoms with van der Waals surface area (Å²) in [5, 5.41) is 17.3. The highest BCUT2D eigenvalue weighted by molar-refractivity contribution is 5.88. The quantitative estimate of drug-likeness (QED) is 0.633. The molecule has 3 amide bonds. The van der Waals surface area contributed by atoms with Gasteiger partial charge in [0.05, 0.1) is 0 Å². The molecule has 1 rings (SSSR count). The Morgan fingerprint density at radius 3 is 2.11 bits per heavy atom. The monoisotopic (exact) mass is 273 g/mol. The van der Waals surface area contributed by atoms with Crippen molar-refractivity contribution in [2.75, 3.05) is 39.8 Å². The van der Waals surface area contributed by atoms with Gasteiger partial charge in [-0.25, -0.2) is 4.79 Å². The molecule has 1 aliphatic heterocycles. The number of urea groups is 1. The Kier molecular flexibility index (Phi) is 4.67. The number of carboxylic acid groups (broad SMARTS) is 2. The topological polar surface area (TPSA) is 118 Å². The number of carbonyl (C=O) groups excluding carboxylic acids is 2. The van der Waals surface area contributed by atoms with Gasteiger partial charge in [0, 0.05) is 20.1 Å². The van der Waals surface area contributed by atoms with Crippen LogP contribution in [0.25, 0.3) is 0 Å². The van der Waals surface area contributed by atoms with Crippen LogP contribution in [0, 0.1) is 0 Å². The van der Waals surface area contributed by atoms with Crippen molar-refractivity contribution in [1.82, 2.24) is 14.7 Å². The molecule has 0 bridgehead atoms. The maximum absolute atomic E-state index is 12.0. The third kappa shape index (κ3) is 4.12. The molecule has 1 saturated heterocycles. The van der Waals surface area contributed by atoms with E-state index in [9.17, 15) is 19.2 Å². The summed E-state index contributed by atoms with van der Waals surface area (Å²) in [5.74, 6) is -2.89. The van der Waals surface area contributed by atoms with Gasteiger partial charge in [-0.1, -0.05) is 0 Å². The molecule has 0 saturated carbocycles. The molecule has 1 heterocycles. The minimum atomic E-state index is -1.31. The van der Waals surface area contributed by atoms with Crippen molar-refractivity contribution < 1.29 is 29.4 Å². The summed E-state index contributed by atoms with van der Waals surface area (Å²) >= 11 is 0. The predicted molar refractivity (Wildman–Crippen MR) is 61.5 cm³/mol. The van der Waals surface area contributed by atoms with Crippen LogP contribution in [-0.4, -0.2) is 88.6 Å². The van der Waals surface area contributed by atoms with Crippen LogP contribution in [0.5, 0.6) is 0 Å². The summed E-state index contributed by atoms with van der Waals surface area (Å²) in [6, 6.07) is -0.758. The maximum atomic E-state index is 12.0. The summed E-state index contributed by atoms with van der Waals surface area (Å²) in [6.45, 7) is -1.03. The molecular weight excluding hydrogens is 258 g/mol. The van der Waals surface area contributed by atoms with E-state index in [4.69, 9.17) is 10.2 Å². The summed E-state index contributed by atoms with van der Waals surface area (Å²) in [6.07, 6.45) is 0. The van der Waals surface area contributed by atoms with Crippen molar-refractivity contribution in [3.05, 3.63) is 0 Å². The lowest BCUT2D eigenvalue weighted by Crippen LogP contribution is -2.55. The van der Waals surface area contributed by atoms with E-state index < -0.39 is 31.1 Å². The zero-order valence-corrected chi connectivity index (χ0v) is 10.4. The number of hydrogen-bond acceptors (Lipinski definition) is 4. The average molecular weight is 273 g/mol. The molecule has 0 aliphatic carbocycles. The molecule has 0 atom stereocenters. The molecule has 0 aromatic heterocycles. The Bertz CT molecular complexity index is 394. The van der Waals surface area contributed by atoms with Crippen molar-refractivity contribution in [3.8, 4) is 0 Å². The second-order valence-electron chi connectivity index (χ2n) is 4.16. The van der Waals surface area contributed by atoms with Gasteiger partial charge in [0.15, 0.2) is 0 Å². The van der Waals surface area contributed by atoms with Gasteiger partial charge in [-0.05, 0) is 0 Å². The fraction of sp³-hybridized carbons (Fsp3) is 0.600. The Morgan fingerprint density at radius 1 is 1.16 bits per heavy atom. The average Bonchev–Trinajstić information content (AvgIpc) is 2.29. The molecule has 1 aliphatic rings. The summed E-state index contributed by atoms with van der Waals surface area (Å²) < 4.78 is 0. The molecule has 106 valence electrons. The maximum Gasteiger partial charge on any atom is 0.323 e. The zero-order chi connectivity index (χ0) is 14.6. The number of hydrogen-bond donors (Lipinski definition) is 2. The normalized spacial score (nSPS) is 15.3. The van der Waals surface area contributed by atoms with Crippen molar-refractivity contribution in [1.29, 1.82) is 0 Å². The van der Waals surface area contributed by atoms with Crippen LogP contribution in [0.2, 0.25) is 0 Å². The van der Waals surface area contributed by atoms with E-state index in [1.165, 1.54) is 4.90 Å². The zero-order valence-electron chi connectivity index (χ0n) is 10.4. The number of likely N-dealkylation sites (N-methyl/N-ethyl adjacent to an activating group) is 1. The fourth-order valence-corrected chi connectivity index (χ4v) is 1.64. The third-order valence-corrected chi connectivity index (χ3v) is 2.65. The van der Waals surface area contributed by atoms with Gasteiger partial charge in [0.1, 0.15) is 19.6 Å². The van der Waals surface area contributed by atoms with Gasteiger partial charge in [-0.3, -0.25) is 14.4 Å². The molecule has 0 aromatic rings. The minimum absolute atomic E-state index is 0.176. The van der Waals surface area contributed by atoms with Gasteiger partial charge in [0.25, 0.3) is 0 Å². The van der Waals surface area contributed by atoms with E-state index in [1.807, 2.05) is 0 Å². The van der Waals surface area contributed by atoms with E-state index in [0.717, 1.165) is 4.90 Å². The van der Waals surface area contributed by atoms with E-state index in [0.29, 0.717) is 11.4 Å². The van der Waals surface area contributed by atoms with Crippen LogP contribution in [0.3, 0.4) is 0 Å². The minimum Gasteiger partial charge on any atom is -0.480 e. The predicted octanol–water partition coefficient (Wildman–Crippen LogP) is -1.65. The lowest BCUT2D eigenvalue weighted by molar-refractivity contribution is -0.140. The van der Waals surface area contributed by atoms with E-state index in [-0.39, 0.29) is 19.0 Å². The number of piperazine rings is 1. The smallest absolute Gasteiger partial charge is 0.323 e. The second-order valence-corrected chi connectivity index (χ2v) is 4.16. The Balaban J connectivity index is 2.72. The molecule has 9 heteroatoms. The molecule has 19 heavy (non-hydrogen) atoms. The van der Waals surface area contributed by atoms with E-state index >= 15 is 0 Å². The SMILES string of the molecule is CN1CCN(C(=O)N(CC(=O)O)CC(=O)O)CC1=O. The first-order valence-corrected chi connectivity index (χ1v) is 5.52. The highest BCUT2D eigenvalue weighted by atomic mass is 16.4. The molecule has 0 radical (unpaired) electrons. The summed E-state index contributed by atoms with van der Waals surface area (Å²) in [4.78, 5) is 47.9. The Labute approximate surface area is 109 Å². The van der Waals surface area contributed by atoms with Crippen LogP contribution in [0.4, 0.5) is 4.79 Å². The number of carboxylic acids is 2. The van der Waals surface area contributed by atoms with E-state index in [1.54, 1.807) is 7.05 Å². The van der Waals surface area contributed by atoms with Crippen LogP contribution >= 0.6 is 0 Å². The molecule has 0 spiro atoms. The Hall–Kier alpha value is -2.32. The van der Waals surface area contributed by atoms with Crippen LogP contribution < -0.4 is 0 Å². The van der Waals surface area contributed by atoms with Crippen molar-refractivity contribution in [3.63, 3.8) is 0 Å². The number of amides is 3. The van der Waals surface area contributed by atoms with Crippen LogP contribution in [0.1, 0.15) is 0 Å². The highest BCUT2D eigenvalue weighted by Crippen LogP contribution is 2.05. The van der Waals surface area contributed by atoms with Gasteiger partial charge >= 0.3 is 18.0 Å². The van der Waals surface area contributed by atoms with Gasteiger partial charge in [-0.15, -0.1) is 0 Å². The first-order valence-electron chi connectivity index (χ1n) is 5.52. The molecule has 9 nitrogen and oxygen atoms in total. The Morgan fingerprint density at radius 2 is 1.68 bits per heavy atom. The van der Waals surface area contributed by atoms with Crippen molar-refractivity contribution in [2.24, 2.45) is 0 Å². The molecular formula is C10H15N3O6. The third-order valence-electron chi connectivity index (χ3n) is 2.65. The first kappa shape index (κ1) is 14.7. The largest absolute Gasteiger partial charge is 0.480 e. The number of nitrogens with zero attached hydrogens (tertiary/aromatic N) is 3. The lowest BCUT2D eigenvalue weighted by Gasteiger charge is -2.34. The first-order chi connectivity index (χ1) is 8.81. The standard InChI is InChI=1S/C10H15N3O6/c1-11-2-3-12(4-7(11)14)10(19)13(5-8(15)16)6-9(17)18/h2-6H2,1H3,(H,15,16)(H,17,18). The molecule has 0 aromatic carbocycles. The summed E-state index contributed by atoms with van der Waals surface area (Å²) in [7, 11) is 1.59. The van der Waals surface area contributed by atoms with Gasteiger partial charge in [-0.2, -0.15) is 0 Å². The van der Waals surface area contributed by atoms with Gasteiger partial charge < -0.3 is 24.9 Å². The van der Waals surface area contributed by atoms with Crippen LogP contribution in [0.15, 0.2) is 0 Å². The van der Waals surface area contributed by atoms with Crippen LogP contribution in [-0.2, 0) is 14.4 Å². The molecule has 0 unspecified atom stereocenters. The number of rotatable bonds is 4. The van der Waals surface area contributed by atoms with Gasteiger partial charge in [0.2, 0.25) is 5.91 Å². The van der Waals surface area contributed by atoms with E-state index in [2.05, 4.69) is 0 Å². The lowest BCUT2D eigenvalue weighted by atomic mass is 10.3. The highest BCUT2D eigenvalue weighted by Gasteiger charge is 2.30. The van der Waals surface area contributed by atoms with Crippen molar-refractivity contribution in [2.45, 2.75) is 0 Å². The number of carbonyl (C=O) groups is 4. The summed E-state index contributed by atoms with van der Waals surface area (Å²) in [5.41, 5.74) is 0. The molecule has 1 fully saturated rings. The fourth-order valence-electron chi connectivity index (χ4n) is 1.64.